The Morgan fingerprint density at radius 2 is 1.76 bits per heavy atom. The van der Waals surface area contributed by atoms with Crippen LogP contribution < -0.4 is 14.8 Å². The van der Waals surface area contributed by atoms with E-state index in [4.69, 9.17) is 9.47 Å². The summed E-state index contributed by atoms with van der Waals surface area (Å²) < 4.78 is 11.2. The normalized spacial score (nSPS) is 12.4. The molecule has 1 amide bonds. The van der Waals surface area contributed by atoms with E-state index in [9.17, 15) is 4.79 Å². The van der Waals surface area contributed by atoms with Gasteiger partial charge in [-0.3, -0.25) is 10.1 Å². The average molecular weight is 491 g/mol. The fourth-order valence-electron chi connectivity index (χ4n) is 3.60. The highest BCUT2D eigenvalue weighted by molar-refractivity contribution is 7.98. The molecule has 4 aromatic rings. The molecule has 7 nitrogen and oxygen atoms in total. The van der Waals surface area contributed by atoms with Crippen molar-refractivity contribution < 1.29 is 14.3 Å². The van der Waals surface area contributed by atoms with Gasteiger partial charge >= 0.3 is 0 Å². The highest BCUT2D eigenvalue weighted by Gasteiger charge is 2.16. The van der Waals surface area contributed by atoms with E-state index < -0.39 is 0 Å². The zero-order chi connectivity index (χ0) is 23.5. The summed E-state index contributed by atoms with van der Waals surface area (Å²) in [7, 11) is 0. The minimum absolute atomic E-state index is 0.194. The first-order valence-electron chi connectivity index (χ1n) is 10.7. The fraction of sp³-hybridized carbons (Fsp3) is 0.200. The largest absolute Gasteiger partial charge is 0.486 e. The van der Waals surface area contributed by atoms with Crippen LogP contribution in [0.5, 0.6) is 11.5 Å². The second-order valence-electron chi connectivity index (χ2n) is 7.73. The van der Waals surface area contributed by atoms with Gasteiger partial charge in [0, 0.05) is 33.6 Å². The molecule has 0 aliphatic carbocycles. The fourth-order valence-corrected chi connectivity index (χ4v) is 5.27. The van der Waals surface area contributed by atoms with Crippen molar-refractivity contribution in [2.45, 2.75) is 24.8 Å². The third-order valence-corrected chi connectivity index (χ3v) is 6.80. The molecule has 0 unspecified atom stereocenters. The van der Waals surface area contributed by atoms with E-state index in [-0.39, 0.29) is 5.91 Å². The van der Waals surface area contributed by atoms with Crippen LogP contribution in [0.25, 0.3) is 11.3 Å². The lowest BCUT2D eigenvalue weighted by Crippen LogP contribution is -2.15. The standard InChI is InChI=1S/C25H22N4O3S2/c1-15-11-16(2)27-24(26-15)33-13-18-5-3-4-6-19(18)23(30)29-25-28-20(14-34-25)17-7-8-21-22(12-17)32-10-9-31-21/h3-8,11-12,14H,9-10,13H2,1-2H3,(H,28,29,30). The average Bonchev–Trinajstić information content (AvgIpc) is 3.30. The minimum atomic E-state index is -0.194. The lowest BCUT2D eigenvalue weighted by Gasteiger charge is -2.18. The van der Waals surface area contributed by atoms with Crippen LogP contribution in [0.3, 0.4) is 0 Å². The zero-order valence-corrected chi connectivity index (χ0v) is 20.3. The van der Waals surface area contributed by atoms with Crippen molar-refractivity contribution in [1.82, 2.24) is 15.0 Å². The summed E-state index contributed by atoms with van der Waals surface area (Å²) in [6, 6.07) is 15.2. The van der Waals surface area contributed by atoms with Crippen molar-refractivity contribution in [2.75, 3.05) is 18.5 Å². The first kappa shape index (κ1) is 22.4. The number of amides is 1. The number of carbonyl (C=O) groups excluding carboxylic acids is 1. The predicted molar refractivity (Wildman–Crippen MR) is 134 cm³/mol. The number of benzene rings is 2. The number of aromatic nitrogens is 3. The quantitative estimate of drug-likeness (QED) is 0.281. The van der Waals surface area contributed by atoms with Gasteiger partial charge in [0.1, 0.15) is 13.2 Å². The Labute approximate surface area is 205 Å². The highest BCUT2D eigenvalue weighted by atomic mass is 32.2. The summed E-state index contributed by atoms with van der Waals surface area (Å²) >= 11 is 2.90. The van der Waals surface area contributed by atoms with Crippen LogP contribution in [0.1, 0.15) is 27.3 Å². The molecule has 5 rings (SSSR count). The van der Waals surface area contributed by atoms with Gasteiger partial charge in [-0.2, -0.15) is 0 Å². The first-order chi connectivity index (χ1) is 16.5. The summed E-state index contributed by atoms with van der Waals surface area (Å²) in [5.41, 5.74) is 5.06. The molecule has 0 fully saturated rings. The summed E-state index contributed by atoms with van der Waals surface area (Å²) in [4.78, 5) is 26.6. The molecule has 0 saturated carbocycles. The smallest absolute Gasteiger partial charge is 0.257 e. The van der Waals surface area contributed by atoms with Crippen LogP contribution in [-0.4, -0.2) is 34.1 Å². The van der Waals surface area contributed by atoms with Crippen LogP contribution in [0.15, 0.2) is 59.1 Å². The molecule has 1 N–H and O–H groups in total. The Morgan fingerprint density at radius 1 is 1.00 bits per heavy atom. The predicted octanol–water partition coefficient (Wildman–Crippen LogP) is 5.53. The number of hydrogen-bond acceptors (Lipinski definition) is 8. The maximum atomic E-state index is 13.1. The topological polar surface area (TPSA) is 86.2 Å². The molecule has 0 bridgehead atoms. The third kappa shape index (κ3) is 5.05. The Bertz CT molecular complexity index is 1340. The lowest BCUT2D eigenvalue weighted by molar-refractivity contribution is 0.102. The maximum Gasteiger partial charge on any atom is 0.257 e. The molecule has 0 saturated heterocycles. The molecule has 1 aliphatic heterocycles. The van der Waals surface area contributed by atoms with Crippen molar-refractivity contribution in [1.29, 1.82) is 0 Å². The molecule has 2 aromatic heterocycles. The van der Waals surface area contributed by atoms with Gasteiger partial charge in [0.2, 0.25) is 0 Å². The molecular weight excluding hydrogens is 468 g/mol. The van der Waals surface area contributed by atoms with E-state index in [1.807, 2.05) is 67.8 Å². The molecule has 172 valence electrons. The molecular formula is C25H22N4O3S2. The Morgan fingerprint density at radius 3 is 2.59 bits per heavy atom. The third-order valence-electron chi connectivity index (χ3n) is 5.14. The number of carbonyl (C=O) groups is 1. The number of fused-ring (bicyclic) bond motifs is 1. The van der Waals surface area contributed by atoms with E-state index in [2.05, 4.69) is 20.3 Å². The maximum absolute atomic E-state index is 13.1. The zero-order valence-electron chi connectivity index (χ0n) is 18.7. The molecule has 0 atom stereocenters. The van der Waals surface area contributed by atoms with Gasteiger partial charge < -0.3 is 9.47 Å². The lowest BCUT2D eigenvalue weighted by atomic mass is 10.1. The number of nitrogens with one attached hydrogen (secondary N) is 1. The van der Waals surface area contributed by atoms with Gasteiger partial charge in [0.25, 0.3) is 5.91 Å². The van der Waals surface area contributed by atoms with Crippen molar-refractivity contribution >= 4 is 34.1 Å². The van der Waals surface area contributed by atoms with E-state index in [0.717, 1.165) is 34.0 Å². The Hall–Kier alpha value is -3.43. The van der Waals surface area contributed by atoms with Gasteiger partial charge in [-0.15, -0.1) is 11.3 Å². The van der Waals surface area contributed by atoms with E-state index in [1.165, 1.54) is 23.1 Å². The molecule has 0 spiro atoms. The van der Waals surface area contributed by atoms with Crippen LogP contribution in [0.4, 0.5) is 5.13 Å². The monoisotopic (exact) mass is 490 g/mol. The molecule has 3 heterocycles. The number of ether oxygens (including phenoxy) is 2. The molecule has 9 heteroatoms. The highest BCUT2D eigenvalue weighted by Crippen LogP contribution is 2.35. The minimum Gasteiger partial charge on any atom is -0.486 e. The number of nitrogens with zero attached hydrogens (tertiary/aromatic N) is 3. The van der Waals surface area contributed by atoms with E-state index in [0.29, 0.717) is 40.6 Å². The SMILES string of the molecule is Cc1cc(C)nc(SCc2ccccc2C(=O)Nc2nc(-c3ccc4c(c3)OCCO4)cs2)n1. The Balaban J connectivity index is 1.29. The van der Waals surface area contributed by atoms with Gasteiger partial charge in [-0.1, -0.05) is 30.0 Å². The number of aryl methyl sites for hydroxylation is 2. The molecule has 2 aromatic carbocycles. The summed E-state index contributed by atoms with van der Waals surface area (Å²) in [5.74, 6) is 1.84. The van der Waals surface area contributed by atoms with Gasteiger partial charge in [0.15, 0.2) is 21.8 Å². The van der Waals surface area contributed by atoms with Crippen molar-refractivity contribution in [3.05, 3.63) is 76.4 Å². The van der Waals surface area contributed by atoms with Crippen LogP contribution >= 0.6 is 23.1 Å². The first-order valence-corrected chi connectivity index (χ1v) is 12.6. The van der Waals surface area contributed by atoms with Gasteiger partial charge in [0.05, 0.1) is 5.69 Å². The van der Waals surface area contributed by atoms with Crippen molar-refractivity contribution in [3.63, 3.8) is 0 Å². The summed E-state index contributed by atoms with van der Waals surface area (Å²) in [5, 5.41) is 6.10. The Kier molecular flexibility index (Phi) is 6.46. The second kappa shape index (κ2) is 9.82. The van der Waals surface area contributed by atoms with Gasteiger partial charge in [-0.25, -0.2) is 15.0 Å². The molecule has 34 heavy (non-hydrogen) atoms. The van der Waals surface area contributed by atoms with Gasteiger partial charge in [-0.05, 0) is 49.7 Å². The number of hydrogen-bond donors (Lipinski definition) is 1. The van der Waals surface area contributed by atoms with Crippen LogP contribution in [0, 0.1) is 13.8 Å². The van der Waals surface area contributed by atoms with Crippen LogP contribution in [0.2, 0.25) is 0 Å². The van der Waals surface area contributed by atoms with Crippen molar-refractivity contribution in [2.24, 2.45) is 0 Å². The van der Waals surface area contributed by atoms with E-state index >= 15 is 0 Å². The second-order valence-corrected chi connectivity index (χ2v) is 9.53. The number of rotatable bonds is 6. The number of anilines is 1. The van der Waals surface area contributed by atoms with Crippen molar-refractivity contribution in [3.8, 4) is 22.8 Å². The molecule has 1 aliphatic rings. The summed E-state index contributed by atoms with van der Waals surface area (Å²) in [6.45, 7) is 4.99. The van der Waals surface area contributed by atoms with Crippen LogP contribution in [-0.2, 0) is 5.75 Å². The molecule has 0 radical (unpaired) electrons. The number of thioether (sulfide) groups is 1. The van der Waals surface area contributed by atoms with E-state index in [1.54, 1.807) is 0 Å². The summed E-state index contributed by atoms with van der Waals surface area (Å²) in [6.07, 6.45) is 0. The number of thiazole rings is 1.